The first-order valence-electron chi connectivity index (χ1n) is 6.14. The van der Waals surface area contributed by atoms with Crippen molar-refractivity contribution in [1.82, 2.24) is 16.2 Å². The summed E-state index contributed by atoms with van der Waals surface area (Å²) in [6.45, 7) is 6.42. The Morgan fingerprint density at radius 2 is 2.06 bits per heavy atom. The van der Waals surface area contributed by atoms with Crippen LogP contribution >= 0.6 is 15.9 Å². The molecular formula is C13H20BrN3. The topological polar surface area (TPSA) is 36.1 Å². The predicted octanol–water partition coefficient (Wildman–Crippen LogP) is 2.21. The van der Waals surface area contributed by atoms with E-state index < -0.39 is 0 Å². The first-order valence-corrected chi connectivity index (χ1v) is 6.93. The van der Waals surface area contributed by atoms with Gasteiger partial charge in [0.05, 0.1) is 6.04 Å². The molecule has 1 aromatic carbocycles. The number of halogens is 1. The van der Waals surface area contributed by atoms with Gasteiger partial charge in [-0.3, -0.25) is 5.43 Å². The molecule has 17 heavy (non-hydrogen) atoms. The van der Waals surface area contributed by atoms with Crippen LogP contribution in [0.25, 0.3) is 0 Å². The van der Waals surface area contributed by atoms with E-state index in [1.807, 2.05) is 0 Å². The summed E-state index contributed by atoms with van der Waals surface area (Å²) in [4.78, 5) is 0. The molecule has 1 saturated heterocycles. The van der Waals surface area contributed by atoms with Crippen molar-refractivity contribution >= 4 is 15.9 Å². The molecule has 0 bridgehead atoms. The van der Waals surface area contributed by atoms with Crippen molar-refractivity contribution in [2.24, 2.45) is 5.92 Å². The zero-order valence-electron chi connectivity index (χ0n) is 10.3. The van der Waals surface area contributed by atoms with Crippen molar-refractivity contribution < 1.29 is 0 Å². The van der Waals surface area contributed by atoms with Gasteiger partial charge >= 0.3 is 0 Å². The molecule has 2 atom stereocenters. The van der Waals surface area contributed by atoms with Crippen LogP contribution in [0.5, 0.6) is 0 Å². The molecule has 1 aliphatic heterocycles. The molecule has 1 fully saturated rings. The minimum Gasteiger partial charge on any atom is -0.314 e. The van der Waals surface area contributed by atoms with Crippen molar-refractivity contribution in [2.45, 2.75) is 25.9 Å². The molecule has 1 heterocycles. The second kappa shape index (κ2) is 5.96. The van der Waals surface area contributed by atoms with Gasteiger partial charge in [-0.2, -0.15) is 0 Å². The quantitative estimate of drug-likeness (QED) is 0.797. The maximum Gasteiger partial charge on any atom is 0.0515 e. The van der Waals surface area contributed by atoms with Crippen LogP contribution in [0.1, 0.15) is 25.5 Å². The van der Waals surface area contributed by atoms with Gasteiger partial charge in [0.2, 0.25) is 0 Å². The van der Waals surface area contributed by atoms with Gasteiger partial charge in [0, 0.05) is 29.5 Å². The predicted molar refractivity (Wildman–Crippen MR) is 74.7 cm³/mol. The van der Waals surface area contributed by atoms with E-state index in [1.165, 1.54) is 5.56 Å². The fourth-order valence-corrected chi connectivity index (χ4v) is 2.40. The monoisotopic (exact) mass is 297 g/mol. The molecule has 0 aromatic heterocycles. The van der Waals surface area contributed by atoms with Crippen LogP contribution in [-0.4, -0.2) is 19.1 Å². The average molecular weight is 298 g/mol. The summed E-state index contributed by atoms with van der Waals surface area (Å²) in [5.74, 6) is 0.596. The van der Waals surface area contributed by atoms with Crippen LogP contribution in [0.4, 0.5) is 0 Å². The summed E-state index contributed by atoms with van der Waals surface area (Å²) in [6, 6.07) is 9.49. The fraction of sp³-hybridized carbons (Fsp3) is 0.538. The van der Waals surface area contributed by atoms with Crippen LogP contribution in [-0.2, 0) is 0 Å². The summed E-state index contributed by atoms with van der Waals surface area (Å²) in [6.07, 6.45) is 0. The number of nitrogens with one attached hydrogen (secondary N) is 3. The van der Waals surface area contributed by atoms with Crippen LogP contribution in [0.15, 0.2) is 28.7 Å². The van der Waals surface area contributed by atoms with E-state index in [4.69, 9.17) is 0 Å². The summed E-state index contributed by atoms with van der Waals surface area (Å²) in [7, 11) is 0. The van der Waals surface area contributed by atoms with Crippen molar-refractivity contribution in [1.29, 1.82) is 0 Å². The molecular weight excluding hydrogens is 278 g/mol. The summed E-state index contributed by atoms with van der Waals surface area (Å²) in [5.41, 5.74) is 7.96. The van der Waals surface area contributed by atoms with E-state index >= 15 is 0 Å². The van der Waals surface area contributed by atoms with Gasteiger partial charge in [0.15, 0.2) is 0 Å². The Labute approximate surface area is 111 Å². The van der Waals surface area contributed by atoms with Gasteiger partial charge in [-0.05, 0) is 17.7 Å². The second-order valence-corrected chi connectivity index (χ2v) is 5.79. The van der Waals surface area contributed by atoms with E-state index in [1.54, 1.807) is 0 Å². The molecule has 0 saturated carbocycles. The maximum absolute atomic E-state index is 3.51. The van der Waals surface area contributed by atoms with Gasteiger partial charge in [0.1, 0.15) is 0 Å². The zero-order chi connectivity index (χ0) is 12.3. The highest BCUT2D eigenvalue weighted by Crippen LogP contribution is 2.25. The highest BCUT2D eigenvalue weighted by Gasteiger charge is 2.27. The Balaban J connectivity index is 2.01. The van der Waals surface area contributed by atoms with Crippen molar-refractivity contribution in [2.75, 3.05) is 13.1 Å². The number of rotatable bonds is 4. The maximum atomic E-state index is 3.51. The molecule has 2 unspecified atom stereocenters. The first-order chi connectivity index (χ1) is 8.16. The van der Waals surface area contributed by atoms with Crippen LogP contribution < -0.4 is 16.2 Å². The lowest BCUT2D eigenvalue weighted by Crippen LogP contribution is -2.32. The molecule has 1 aromatic rings. The third-order valence-corrected chi connectivity index (χ3v) is 3.64. The summed E-state index contributed by atoms with van der Waals surface area (Å²) >= 11 is 3.47. The van der Waals surface area contributed by atoms with Crippen molar-refractivity contribution in [3.63, 3.8) is 0 Å². The Kier molecular flexibility index (Phi) is 4.56. The van der Waals surface area contributed by atoms with Crippen molar-refractivity contribution in [3.8, 4) is 0 Å². The normalized spacial score (nSPS) is 24.5. The summed E-state index contributed by atoms with van der Waals surface area (Å²) < 4.78 is 1.13. The van der Waals surface area contributed by atoms with Gasteiger partial charge in [-0.1, -0.05) is 41.9 Å². The lowest BCUT2D eigenvalue weighted by atomic mass is 9.95. The Morgan fingerprint density at radius 1 is 1.35 bits per heavy atom. The standard InChI is InChI=1S/C13H20BrN3/c1-9(2)15-7-11-8-16-17-13(11)10-3-5-12(14)6-4-10/h3-6,9,11,13,15-17H,7-8H2,1-2H3. The number of hydrazine groups is 1. The molecule has 2 rings (SSSR count). The molecule has 0 spiro atoms. The molecule has 0 radical (unpaired) electrons. The Morgan fingerprint density at radius 3 is 2.71 bits per heavy atom. The van der Waals surface area contributed by atoms with Gasteiger partial charge < -0.3 is 5.32 Å². The second-order valence-electron chi connectivity index (χ2n) is 4.88. The number of hydrogen-bond donors (Lipinski definition) is 3. The highest BCUT2D eigenvalue weighted by molar-refractivity contribution is 9.10. The summed E-state index contributed by atoms with van der Waals surface area (Å²) in [5, 5.41) is 3.51. The molecule has 1 aliphatic rings. The first kappa shape index (κ1) is 13.0. The highest BCUT2D eigenvalue weighted by atomic mass is 79.9. The molecule has 3 N–H and O–H groups in total. The van der Waals surface area contributed by atoms with Gasteiger partial charge in [-0.25, -0.2) is 5.43 Å². The smallest absolute Gasteiger partial charge is 0.0515 e. The number of hydrogen-bond acceptors (Lipinski definition) is 3. The lowest BCUT2D eigenvalue weighted by molar-refractivity contribution is 0.423. The number of benzene rings is 1. The average Bonchev–Trinajstić information content (AvgIpc) is 2.75. The minimum atomic E-state index is 0.398. The van der Waals surface area contributed by atoms with Gasteiger partial charge in [-0.15, -0.1) is 0 Å². The lowest BCUT2D eigenvalue weighted by Gasteiger charge is -2.20. The molecule has 0 amide bonds. The zero-order valence-corrected chi connectivity index (χ0v) is 11.9. The largest absolute Gasteiger partial charge is 0.314 e. The third-order valence-electron chi connectivity index (χ3n) is 3.11. The fourth-order valence-electron chi connectivity index (χ4n) is 2.14. The Bertz CT molecular complexity index is 350. The van der Waals surface area contributed by atoms with E-state index in [9.17, 15) is 0 Å². The molecule has 94 valence electrons. The third kappa shape index (κ3) is 3.52. The molecule has 3 nitrogen and oxygen atoms in total. The van der Waals surface area contributed by atoms with E-state index in [0.717, 1.165) is 17.6 Å². The van der Waals surface area contributed by atoms with Crippen LogP contribution in [0.2, 0.25) is 0 Å². The van der Waals surface area contributed by atoms with Crippen LogP contribution in [0, 0.1) is 5.92 Å². The molecule has 0 aliphatic carbocycles. The minimum absolute atomic E-state index is 0.398. The molecule has 4 heteroatoms. The van der Waals surface area contributed by atoms with E-state index in [2.05, 4.69) is 70.2 Å². The van der Waals surface area contributed by atoms with Crippen molar-refractivity contribution in [3.05, 3.63) is 34.3 Å². The SMILES string of the molecule is CC(C)NCC1CNNC1c1ccc(Br)cc1. The van der Waals surface area contributed by atoms with Gasteiger partial charge in [0.25, 0.3) is 0 Å². The van der Waals surface area contributed by atoms with E-state index in [0.29, 0.717) is 18.0 Å². The Hall–Kier alpha value is -0.420. The van der Waals surface area contributed by atoms with E-state index in [-0.39, 0.29) is 0 Å². The van der Waals surface area contributed by atoms with Crippen LogP contribution in [0.3, 0.4) is 0 Å².